The molecule has 0 aliphatic carbocycles. The number of allylic oxidation sites excluding steroid dienone is 1. The summed E-state index contributed by atoms with van der Waals surface area (Å²) in [5.74, 6) is 2.08. The monoisotopic (exact) mass is 320 g/mol. The summed E-state index contributed by atoms with van der Waals surface area (Å²) in [4.78, 5) is 14.4. The van der Waals surface area contributed by atoms with E-state index in [1.807, 2.05) is 12.3 Å². The zero-order valence-electron chi connectivity index (χ0n) is 14.4. The molecule has 0 fully saturated rings. The Hall–Kier alpha value is -2.36. The first-order valence-electron chi connectivity index (χ1n) is 8.91. The fraction of sp³-hybridized carbons (Fsp3) is 0.400. The van der Waals surface area contributed by atoms with Gasteiger partial charge in [0.25, 0.3) is 0 Å². The molecule has 124 valence electrons. The van der Waals surface area contributed by atoms with Crippen LogP contribution in [0.4, 0.5) is 5.69 Å². The van der Waals surface area contributed by atoms with Crippen LogP contribution in [0.2, 0.25) is 0 Å². The molecule has 1 aromatic carbocycles. The highest BCUT2D eigenvalue weighted by atomic mass is 15.4. The van der Waals surface area contributed by atoms with Crippen molar-refractivity contribution in [2.24, 2.45) is 9.98 Å². The standard InChI is InChI=1S/C20H24N4/c1-3-20(4-2)12-11-17-19(22-20)23-14-8-13-21-18(23)15-24(17)16-9-6-5-7-10-16/h5-10,13-15,17H,3-4,11-12H2,1-2H3. The third-order valence-electron chi connectivity index (χ3n) is 5.52. The van der Waals surface area contributed by atoms with Crippen molar-refractivity contribution in [3.05, 3.63) is 54.6 Å². The lowest BCUT2D eigenvalue weighted by Crippen LogP contribution is -2.54. The highest BCUT2D eigenvalue weighted by Crippen LogP contribution is 2.38. The van der Waals surface area contributed by atoms with Gasteiger partial charge in [0.2, 0.25) is 0 Å². The van der Waals surface area contributed by atoms with Crippen molar-refractivity contribution in [2.75, 3.05) is 4.90 Å². The minimum Gasteiger partial charge on any atom is -0.334 e. The Morgan fingerprint density at radius 3 is 2.71 bits per heavy atom. The summed E-state index contributed by atoms with van der Waals surface area (Å²) in [6.45, 7) is 4.51. The summed E-state index contributed by atoms with van der Waals surface area (Å²) in [6.07, 6.45) is 12.5. The number of amidine groups is 1. The first-order chi connectivity index (χ1) is 11.8. The van der Waals surface area contributed by atoms with E-state index in [9.17, 15) is 0 Å². The molecule has 1 atom stereocenters. The summed E-state index contributed by atoms with van der Waals surface area (Å²) in [5.41, 5.74) is 1.28. The van der Waals surface area contributed by atoms with Gasteiger partial charge in [0.05, 0.1) is 11.6 Å². The van der Waals surface area contributed by atoms with Gasteiger partial charge in [-0.25, -0.2) is 4.99 Å². The number of aliphatic imine (C=N–C) groups is 2. The molecule has 1 unspecified atom stereocenters. The third kappa shape index (κ3) is 2.37. The van der Waals surface area contributed by atoms with E-state index in [1.165, 1.54) is 5.69 Å². The molecule has 0 saturated heterocycles. The Labute approximate surface area is 143 Å². The molecule has 4 rings (SSSR count). The van der Waals surface area contributed by atoms with Crippen LogP contribution >= 0.6 is 0 Å². The van der Waals surface area contributed by atoms with Crippen LogP contribution in [-0.4, -0.2) is 28.5 Å². The van der Waals surface area contributed by atoms with Crippen molar-refractivity contribution in [2.45, 2.75) is 51.1 Å². The van der Waals surface area contributed by atoms with E-state index < -0.39 is 0 Å². The average molecular weight is 320 g/mol. The smallest absolute Gasteiger partial charge is 0.154 e. The Morgan fingerprint density at radius 2 is 1.96 bits per heavy atom. The number of rotatable bonds is 3. The van der Waals surface area contributed by atoms with Crippen molar-refractivity contribution in [3.8, 4) is 0 Å². The van der Waals surface area contributed by atoms with E-state index in [-0.39, 0.29) is 11.6 Å². The molecule has 1 aromatic rings. The highest BCUT2D eigenvalue weighted by molar-refractivity contribution is 5.96. The number of hydrogen-bond acceptors (Lipinski definition) is 4. The highest BCUT2D eigenvalue weighted by Gasteiger charge is 2.41. The van der Waals surface area contributed by atoms with E-state index in [0.29, 0.717) is 0 Å². The van der Waals surface area contributed by atoms with Crippen LogP contribution in [0.3, 0.4) is 0 Å². The molecular formula is C20H24N4. The van der Waals surface area contributed by atoms with E-state index in [0.717, 1.165) is 37.3 Å². The summed E-state index contributed by atoms with van der Waals surface area (Å²) < 4.78 is 0. The second-order valence-corrected chi connectivity index (χ2v) is 6.68. The number of hydrogen-bond donors (Lipinski definition) is 0. The molecule has 0 amide bonds. The second kappa shape index (κ2) is 5.93. The third-order valence-corrected chi connectivity index (χ3v) is 5.52. The zero-order chi connectivity index (χ0) is 16.6. The zero-order valence-corrected chi connectivity index (χ0v) is 14.4. The van der Waals surface area contributed by atoms with Gasteiger partial charge in [-0.3, -0.25) is 9.89 Å². The minimum atomic E-state index is 0.0750. The average Bonchev–Trinajstić information content (AvgIpc) is 2.67. The first-order valence-corrected chi connectivity index (χ1v) is 8.91. The van der Waals surface area contributed by atoms with Crippen molar-refractivity contribution < 1.29 is 0 Å². The second-order valence-electron chi connectivity index (χ2n) is 6.68. The normalized spacial score (nSPS) is 24.2. The molecule has 3 aliphatic rings. The van der Waals surface area contributed by atoms with Gasteiger partial charge in [-0.15, -0.1) is 0 Å². The quantitative estimate of drug-likeness (QED) is 0.830. The van der Waals surface area contributed by atoms with E-state index in [2.05, 4.69) is 71.4 Å². The number of nitrogens with zero attached hydrogens (tertiary/aromatic N) is 4. The predicted octanol–water partition coefficient (Wildman–Crippen LogP) is 4.33. The Balaban J connectivity index is 1.83. The fourth-order valence-corrected chi connectivity index (χ4v) is 3.89. The predicted molar refractivity (Wildman–Crippen MR) is 100 cm³/mol. The van der Waals surface area contributed by atoms with Gasteiger partial charge in [0.1, 0.15) is 5.84 Å². The number of para-hydroxylation sites is 1. The van der Waals surface area contributed by atoms with Gasteiger partial charge in [-0.05, 0) is 43.9 Å². The maximum Gasteiger partial charge on any atom is 0.154 e. The fourth-order valence-electron chi connectivity index (χ4n) is 3.89. The maximum absolute atomic E-state index is 5.27. The lowest BCUT2D eigenvalue weighted by Gasteiger charge is -2.46. The molecule has 0 radical (unpaired) electrons. The van der Waals surface area contributed by atoms with E-state index in [4.69, 9.17) is 4.99 Å². The molecule has 0 bridgehead atoms. The number of benzene rings is 1. The lowest BCUT2D eigenvalue weighted by atomic mass is 9.83. The van der Waals surface area contributed by atoms with Gasteiger partial charge in [-0.1, -0.05) is 32.0 Å². The summed E-state index contributed by atoms with van der Waals surface area (Å²) >= 11 is 0. The number of anilines is 1. The molecule has 0 N–H and O–H groups in total. The van der Waals surface area contributed by atoms with Crippen LogP contribution in [0.5, 0.6) is 0 Å². The van der Waals surface area contributed by atoms with Crippen LogP contribution in [0.1, 0.15) is 39.5 Å². The molecular weight excluding hydrogens is 296 g/mol. The largest absolute Gasteiger partial charge is 0.334 e. The topological polar surface area (TPSA) is 31.2 Å². The van der Waals surface area contributed by atoms with E-state index >= 15 is 0 Å². The van der Waals surface area contributed by atoms with Crippen LogP contribution in [-0.2, 0) is 0 Å². The number of fused-ring (bicyclic) bond motifs is 3. The molecule has 0 saturated carbocycles. The summed E-state index contributed by atoms with van der Waals surface area (Å²) in [5, 5.41) is 0. The van der Waals surface area contributed by atoms with Crippen LogP contribution in [0.15, 0.2) is 64.6 Å². The van der Waals surface area contributed by atoms with Crippen molar-refractivity contribution in [3.63, 3.8) is 0 Å². The van der Waals surface area contributed by atoms with Crippen molar-refractivity contribution in [1.82, 2.24) is 4.90 Å². The molecule has 0 aromatic heterocycles. The van der Waals surface area contributed by atoms with Gasteiger partial charge in [0, 0.05) is 24.3 Å². The first kappa shape index (κ1) is 15.2. The van der Waals surface area contributed by atoms with Crippen LogP contribution in [0, 0.1) is 0 Å². The Morgan fingerprint density at radius 1 is 1.17 bits per heavy atom. The SMILES string of the molecule is CCC1(CC)CCC2C(=N1)N1C=CC=NC1=CN2c1ccccc1. The molecule has 24 heavy (non-hydrogen) atoms. The molecule has 4 nitrogen and oxygen atoms in total. The van der Waals surface area contributed by atoms with Gasteiger partial charge in [0.15, 0.2) is 5.82 Å². The van der Waals surface area contributed by atoms with Crippen molar-refractivity contribution >= 4 is 17.7 Å². The van der Waals surface area contributed by atoms with Gasteiger partial charge in [-0.2, -0.15) is 0 Å². The van der Waals surface area contributed by atoms with Crippen LogP contribution < -0.4 is 4.90 Å². The van der Waals surface area contributed by atoms with Gasteiger partial charge >= 0.3 is 0 Å². The molecule has 3 aliphatic heterocycles. The minimum absolute atomic E-state index is 0.0750. The molecule has 0 spiro atoms. The van der Waals surface area contributed by atoms with Crippen molar-refractivity contribution in [1.29, 1.82) is 0 Å². The van der Waals surface area contributed by atoms with Crippen LogP contribution in [0.25, 0.3) is 0 Å². The Kier molecular flexibility index (Phi) is 3.75. The summed E-state index contributed by atoms with van der Waals surface area (Å²) in [7, 11) is 0. The molecule has 4 heteroatoms. The van der Waals surface area contributed by atoms with Gasteiger partial charge < -0.3 is 4.90 Å². The van der Waals surface area contributed by atoms with E-state index in [1.54, 1.807) is 0 Å². The molecule has 3 heterocycles. The lowest BCUT2D eigenvalue weighted by molar-refractivity contribution is 0.324. The maximum atomic E-state index is 5.27. The Bertz CT molecular complexity index is 725. The summed E-state index contributed by atoms with van der Waals surface area (Å²) in [6, 6.07) is 10.8.